The fraction of sp³-hybridized carbons (Fsp3) is 0.100. The third kappa shape index (κ3) is 2.65. The van der Waals surface area contributed by atoms with Gasteiger partial charge in [0.1, 0.15) is 12.3 Å². The van der Waals surface area contributed by atoms with Crippen LogP contribution in [0.2, 0.25) is 0 Å². The molecule has 1 saturated heterocycles. The summed E-state index contributed by atoms with van der Waals surface area (Å²) < 4.78 is 5.67. The Labute approximate surface area is 114 Å². The van der Waals surface area contributed by atoms with Gasteiger partial charge in [-0.3, -0.25) is 19.3 Å². The number of hydrogen-bond donors (Lipinski definition) is 1. The smallest absolute Gasteiger partial charge is 0.323 e. The number of carboxylic acids is 1. The van der Waals surface area contributed by atoms with E-state index in [0.717, 1.165) is 0 Å². The SMILES string of the molecule is O=C(O)CN1C(=O)S/C(=C\c2ccc(Br)o2)C1=O. The number of imide groups is 1. The highest BCUT2D eigenvalue weighted by atomic mass is 79.9. The molecule has 1 N–H and O–H groups in total. The Morgan fingerprint density at radius 1 is 1.50 bits per heavy atom. The number of hydrogen-bond acceptors (Lipinski definition) is 5. The zero-order valence-corrected chi connectivity index (χ0v) is 11.2. The molecule has 0 radical (unpaired) electrons. The van der Waals surface area contributed by atoms with Crippen molar-refractivity contribution >= 4 is 50.9 Å². The maximum Gasteiger partial charge on any atom is 0.323 e. The first kappa shape index (κ1) is 12.9. The lowest BCUT2D eigenvalue weighted by molar-refractivity contribution is -0.140. The molecule has 0 spiro atoms. The van der Waals surface area contributed by atoms with Crippen LogP contribution in [0.1, 0.15) is 5.76 Å². The van der Waals surface area contributed by atoms with Crippen LogP contribution in [0.5, 0.6) is 0 Å². The number of carbonyl (C=O) groups excluding carboxylic acids is 2. The molecule has 8 heteroatoms. The van der Waals surface area contributed by atoms with Crippen molar-refractivity contribution in [3.05, 3.63) is 27.5 Å². The number of aliphatic carboxylic acids is 1. The van der Waals surface area contributed by atoms with Crippen LogP contribution in [0.3, 0.4) is 0 Å². The summed E-state index contributed by atoms with van der Waals surface area (Å²) in [5, 5.41) is 7.99. The van der Waals surface area contributed by atoms with Gasteiger partial charge in [-0.15, -0.1) is 0 Å². The summed E-state index contributed by atoms with van der Waals surface area (Å²) in [6, 6.07) is 3.27. The van der Waals surface area contributed by atoms with E-state index < -0.39 is 23.7 Å². The molecule has 0 atom stereocenters. The van der Waals surface area contributed by atoms with Crippen molar-refractivity contribution in [2.75, 3.05) is 6.54 Å². The Balaban J connectivity index is 2.22. The van der Waals surface area contributed by atoms with Crippen LogP contribution < -0.4 is 0 Å². The van der Waals surface area contributed by atoms with E-state index in [4.69, 9.17) is 9.52 Å². The maximum atomic E-state index is 11.8. The predicted octanol–water partition coefficient (Wildman–Crippen LogP) is 2.16. The second-order valence-electron chi connectivity index (χ2n) is 3.30. The molecule has 6 nitrogen and oxygen atoms in total. The third-order valence-electron chi connectivity index (χ3n) is 2.03. The van der Waals surface area contributed by atoms with Gasteiger partial charge < -0.3 is 9.52 Å². The average molecular weight is 332 g/mol. The lowest BCUT2D eigenvalue weighted by Gasteiger charge is -2.07. The Kier molecular flexibility index (Phi) is 3.58. The summed E-state index contributed by atoms with van der Waals surface area (Å²) in [5.74, 6) is -1.46. The monoisotopic (exact) mass is 331 g/mol. The van der Waals surface area contributed by atoms with Gasteiger partial charge in [0.05, 0.1) is 4.91 Å². The molecule has 1 aromatic heterocycles. The first-order valence-corrected chi connectivity index (χ1v) is 6.31. The van der Waals surface area contributed by atoms with Gasteiger partial charge in [-0.1, -0.05) is 0 Å². The number of amides is 2. The van der Waals surface area contributed by atoms with Crippen LogP contribution in [0.25, 0.3) is 6.08 Å². The number of thioether (sulfide) groups is 1. The minimum atomic E-state index is -1.24. The van der Waals surface area contributed by atoms with Crippen molar-refractivity contribution in [1.82, 2.24) is 4.90 Å². The topological polar surface area (TPSA) is 87.8 Å². The predicted molar refractivity (Wildman–Crippen MR) is 66.7 cm³/mol. The second-order valence-corrected chi connectivity index (χ2v) is 5.08. The summed E-state index contributed by atoms with van der Waals surface area (Å²) in [4.78, 5) is 34.5. The van der Waals surface area contributed by atoms with Gasteiger partial charge >= 0.3 is 5.97 Å². The van der Waals surface area contributed by atoms with Crippen LogP contribution in [-0.4, -0.2) is 33.7 Å². The third-order valence-corrected chi connectivity index (χ3v) is 3.37. The molecule has 0 unspecified atom stereocenters. The lowest BCUT2D eigenvalue weighted by atomic mass is 10.3. The molecule has 1 aromatic rings. The Morgan fingerprint density at radius 3 is 2.78 bits per heavy atom. The Hall–Kier alpha value is -1.54. The second kappa shape index (κ2) is 4.99. The van der Waals surface area contributed by atoms with E-state index in [2.05, 4.69) is 15.9 Å². The highest BCUT2D eigenvalue weighted by Gasteiger charge is 2.36. The summed E-state index contributed by atoms with van der Waals surface area (Å²) in [6.45, 7) is -0.635. The molecular weight excluding hydrogens is 326 g/mol. The number of nitrogens with zero attached hydrogens (tertiary/aromatic N) is 1. The molecule has 94 valence electrons. The highest BCUT2D eigenvalue weighted by molar-refractivity contribution is 9.10. The van der Waals surface area contributed by atoms with Gasteiger partial charge in [-0.05, 0) is 39.8 Å². The quantitative estimate of drug-likeness (QED) is 0.854. The van der Waals surface area contributed by atoms with Crippen LogP contribution >= 0.6 is 27.7 Å². The standard InChI is InChI=1S/C10H6BrNO5S/c11-7-2-1-5(17-7)3-6-9(15)12(4-8(13)14)10(16)18-6/h1-3H,4H2,(H,13,14)/b6-3-. The molecule has 18 heavy (non-hydrogen) atoms. The Morgan fingerprint density at radius 2 is 2.22 bits per heavy atom. The fourth-order valence-electron chi connectivity index (χ4n) is 1.31. The van der Waals surface area contributed by atoms with E-state index >= 15 is 0 Å². The normalized spacial score (nSPS) is 17.8. The van der Waals surface area contributed by atoms with Crippen molar-refractivity contribution in [3.63, 3.8) is 0 Å². The van der Waals surface area contributed by atoms with E-state index in [9.17, 15) is 14.4 Å². The number of halogens is 1. The van der Waals surface area contributed by atoms with Crippen molar-refractivity contribution in [3.8, 4) is 0 Å². The van der Waals surface area contributed by atoms with E-state index in [0.29, 0.717) is 27.1 Å². The van der Waals surface area contributed by atoms with E-state index in [1.165, 1.54) is 6.08 Å². The van der Waals surface area contributed by atoms with Crippen LogP contribution in [-0.2, 0) is 9.59 Å². The molecule has 1 aliphatic heterocycles. The van der Waals surface area contributed by atoms with Crippen molar-refractivity contribution < 1.29 is 23.9 Å². The first-order chi connectivity index (χ1) is 8.47. The van der Waals surface area contributed by atoms with Gasteiger partial charge in [-0.2, -0.15) is 0 Å². The van der Waals surface area contributed by atoms with Crippen molar-refractivity contribution in [2.24, 2.45) is 0 Å². The van der Waals surface area contributed by atoms with Gasteiger partial charge in [0, 0.05) is 6.08 Å². The van der Waals surface area contributed by atoms with Crippen molar-refractivity contribution in [2.45, 2.75) is 0 Å². The number of furan rings is 1. The molecule has 0 saturated carbocycles. The zero-order chi connectivity index (χ0) is 13.3. The number of carbonyl (C=O) groups is 3. The summed E-state index contributed by atoms with van der Waals surface area (Å²) >= 11 is 3.80. The molecule has 0 bridgehead atoms. The number of rotatable bonds is 3. The van der Waals surface area contributed by atoms with Gasteiger partial charge in [0.15, 0.2) is 4.67 Å². The first-order valence-electron chi connectivity index (χ1n) is 4.70. The van der Waals surface area contributed by atoms with Crippen molar-refractivity contribution in [1.29, 1.82) is 0 Å². The minimum absolute atomic E-state index is 0.142. The molecular formula is C10H6BrNO5S. The molecule has 1 aliphatic rings. The largest absolute Gasteiger partial charge is 0.480 e. The highest BCUT2D eigenvalue weighted by Crippen LogP contribution is 2.32. The lowest BCUT2D eigenvalue weighted by Crippen LogP contribution is -2.33. The fourth-order valence-corrected chi connectivity index (χ4v) is 2.44. The molecule has 0 aromatic carbocycles. The zero-order valence-electron chi connectivity index (χ0n) is 8.75. The van der Waals surface area contributed by atoms with E-state index in [1.54, 1.807) is 12.1 Å². The molecule has 2 amide bonds. The van der Waals surface area contributed by atoms with E-state index in [1.807, 2.05) is 0 Å². The van der Waals surface area contributed by atoms with Crippen LogP contribution in [0, 0.1) is 0 Å². The van der Waals surface area contributed by atoms with Gasteiger partial charge in [-0.25, -0.2) is 0 Å². The van der Waals surface area contributed by atoms with E-state index in [-0.39, 0.29) is 4.91 Å². The van der Waals surface area contributed by atoms with Crippen LogP contribution in [0.15, 0.2) is 26.1 Å². The molecule has 2 heterocycles. The van der Waals surface area contributed by atoms with Gasteiger partial charge in [0.25, 0.3) is 11.1 Å². The maximum absolute atomic E-state index is 11.8. The number of carboxylic acid groups (broad SMARTS) is 1. The summed E-state index contributed by atoms with van der Waals surface area (Å²) in [7, 11) is 0. The molecule has 1 fully saturated rings. The average Bonchev–Trinajstić information content (AvgIpc) is 2.78. The van der Waals surface area contributed by atoms with Crippen LogP contribution in [0.4, 0.5) is 4.79 Å². The molecule has 0 aliphatic carbocycles. The Bertz CT molecular complexity index is 564. The minimum Gasteiger partial charge on any atom is -0.480 e. The summed E-state index contributed by atoms with van der Waals surface area (Å²) in [5.41, 5.74) is 0. The summed E-state index contributed by atoms with van der Waals surface area (Å²) in [6.07, 6.45) is 1.40. The van der Waals surface area contributed by atoms with Gasteiger partial charge in [0.2, 0.25) is 0 Å². The molecule has 2 rings (SSSR count).